The Morgan fingerprint density at radius 3 is 3.00 bits per heavy atom. The summed E-state index contributed by atoms with van der Waals surface area (Å²) >= 11 is 1.35. The van der Waals surface area contributed by atoms with Crippen LogP contribution in [0.3, 0.4) is 0 Å². The number of benzene rings is 1. The van der Waals surface area contributed by atoms with Crippen molar-refractivity contribution in [2.45, 2.75) is 26.4 Å². The second-order valence-electron chi connectivity index (χ2n) is 4.52. The van der Waals surface area contributed by atoms with Gasteiger partial charge < -0.3 is 14.8 Å². The third-order valence-corrected chi connectivity index (χ3v) is 3.65. The van der Waals surface area contributed by atoms with Crippen LogP contribution in [0, 0.1) is 0 Å². The summed E-state index contributed by atoms with van der Waals surface area (Å²) in [5, 5.41) is 5.45. The molecule has 0 aliphatic heterocycles. The van der Waals surface area contributed by atoms with E-state index < -0.39 is 5.97 Å². The first-order valence-corrected chi connectivity index (χ1v) is 7.58. The highest BCUT2D eigenvalue weighted by molar-refractivity contribution is 7.14. The molecule has 1 N–H and O–H groups in total. The molecule has 0 saturated carbocycles. The number of nitrogens with one attached hydrogen (secondary N) is 1. The number of carbonyl (C=O) groups is 1. The molecule has 2 rings (SSSR count). The Balaban J connectivity index is 2.07. The molecule has 0 fully saturated rings. The van der Waals surface area contributed by atoms with Crippen LogP contribution in [0.25, 0.3) is 0 Å². The van der Waals surface area contributed by atoms with Crippen LogP contribution in [0.5, 0.6) is 5.75 Å². The summed E-state index contributed by atoms with van der Waals surface area (Å²) in [5.41, 5.74) is 1.17. The second kappa shape index (κ2) is 7.08. The predicted octanol–water partition coefficient (Wildman–Crippen LogP) is 3.85. The molecule has 1 heterocycles. The van der Waals surface area contributed by atoms with E-state index in [9.17, 15) is 4.79 Å². The van der Waals surface area contributed by atoms with Crippen molar-refractivity contribution in [3.63, 3.8) is 0 Å². The first kappa shape index (κ1) is 15.3. The number of rotatable bonds is 6. The second-order valence-corrected chi connectivity index (χ2v) is 5.38. The fraction of sp³-hybridized carbons (Fsp3) is 0.333. The van der Waals surface area contributed by atoms with E-state index in [-0.39, 0.29) is 6.10 Å². The minimum atomic E-state index is -0.437. The first-order valence-electron chi connectivity index (χ1n) is 6.70. The Hall–Kier alpha value is -2.08. The molecule has 0 aliphatic carbocycles. The summed E-state index contributed by atoms with van der Waals surface area (Å²) in [5.74, 6) is 0.368. The molecule has 1 atom stereocenters. The van der Waals surface area contributed by atoms with E-state index in [0.29, 0.717) is 10.8 Å². The van der Waals surface area contributed by atoms with Crippen molar-refractivity contribution in [1.29, 1.82) is 0 Å². The maximum Gasteiger partial charge on any atom is 0.357 e. The summed E-state index contributed by atoms with van der Waals surface area (Å²) in [6.07, 6.45) is 1.12. The maximum atomic E-state index is 11.4. The Kier molecular flexibility index (Phi) is 5.16. The summed E-state index contributed by atoms with van der Waals surface area (Å²) in [6.45, 7) is 4.11. The molecule has 112 valence electrons. The molecule has 1 unspecified atom stereocenters. The van der Waals surface area contributed by atoms with Gasteiger partial charge in [-0.25, -0.2) is 9.78 Å². The standard InChI is InChI=1S/C15H18N2O3S/c1-4-10(2)20-12-7-5-6-11(8-12)16-15-17-13(9-21-15)14(18)19-3/h5-10H,4H2,1-3H3,(H,16,17). The molecular formula is C15H18N2O3S. The Morgan fingerprint density at radius 2 is 2.29 bits per heavy atom. The van der Waals surface area contributed by atoms with E-state index in [1.165, 1.54) is 18.4 Å². The molecule has 0 spiro atoms. The van der Waals surface area contributed by atoms with Crippen LogP contribution in [0.2, 0.25) is 0 Å². The van der Waals surface area contributed by atoms with Crippen LogP contribution in [0.4, 0.5) is 10.8 Å². The molecule has 0 bridgehead atoms. The molecule has 0 aliphatic rings. The van der Waals surface area contributed by atoms with Gasteiger partial charge in [0.05, 0.1) is 13.2 Å². The minimum absolute atomic E-state index is 0.172. The molecule has 0 amide bonds. The molecule has 5 nitrogen and oxygen atoms in total. The van der Waals surface area contributed by atoms with Crippen LogP contribution in [-0.2, 0) is 4.74 Å². The molecule has 0 radical (unpaired) electrons. The third-order valence-electron chi connectivity index (χ3n) is 2.90. The van der Waals surface area contributed by atoms with Gasteiger partial charge in [-0.05, 0) is 25.5 Å². The van der Waals surface area contributed by atoms with E-state index in [0.717, 1.165) is 17.9 Å². The van der Waals surface area contributed by atoms with E-state index in [1.807, 2.05) is 31.2 Å². The zero-order chi connectivity index (χ0) is 15.2. The average molecular weight is 306 g/mol. The largest absolute Gasteiger partial charge is 0.491 e. The van der Waals surface area contributed by atoms with Gasteiger partial charge >= 0.3 is 5.97 Å². The molecule has 21 heavy (non-hydrogen) atoms. The van der Waals surface area contributed by atoms with Gasteiger partial charge in [-0.15, -0.1) is 11.3 Å². The zero-order valence-electron chi connectivity index (χ0n) is 12.3. The number of methoxy groups -OCH3 is 1. The average Bonchev–Trinajstić information content (AvgIpc) is 2.95. The van der Waals surface area contributed by atoms with Gasteiger partial charge in [-0.2, -0.15) is 0 Å². The lowest BCUT2D eigenvalue weighted by Crippen LogP contribution is -2.09. The van der Waals surface area contributed by atoms with Gasteiger partial charge in [0.15, 0.2) is 10.8 Å². The lowest BCUT2D eigenvalue weighted by atomic mass is 10.3. The topological polar surface area (TPSA) is 60.5 Å². The zero-order valence-corrected chi connectivity index (χ0v) is 13.1. The highest BCUT2D eigenvalue weighted by Gasteiger charge is 2.11. The number of thiazole rings is 1. The molecule has 6 heteroatoms. The van der Waals surface area contributed by atoms with Crippen molar-refractivity contribution < 1.29 is 14.3 Å². The van der Waals surface area contributed by atoms with Crippen LogP contribution in [0.15, 0.2) is 29.6 Å². The van der Waals surface area contributed by atoms with Crippen LogP contribution in [0.1, 0.15) is 30.8 Å². The smallest absolute Gasteiger partial charge is 0.357 e. The third kappa shape index (κ3) is 4.19. The van der Waals surface area contributed by atoms with E-state index in [4.69, 9.17) is 4.74 Å². The van der Waals surface area contributed by atoms with Crippen LogP contribution < -0.4 is 10.1 Å². The van der Waals surface area contributed by atoms with Gasteiger partial charge in [0.2, 0.25) is 0 Å². The Morgan fingerprint density at radius 1 is 1.48 bits per heavy atom. The summed E-state index contributed by atoms with van der Waals surface area (Å²) in [6, 6.07) is 7.65. The van der Waals surface area contributed by atoms with Crippen LogP contribution >= 0.6 is 11.3 Å². The summed E-state index contributed by atoms with van der Waals surface area (Å²) < 4.78 is 10.4. The van der Waals surface area contributed by atoms with Crippen molar-refractivity contribution >= 4 is 28.1 Å². The van der Waals surface area contributed by atoms with Crippen molar-refractivity contribution in [1.82, 2.24) is 4.98 Å². The molecular weight excluding hydrogens is 288 g/mol. The molecule has 1 aromatic carbocycles. The number of ether oxygens (including phenoxy) is 2. The highest BCUT2D eigenvalue weighted by Crippen LogP contribution is 2.25. The van der Waals surface area contributed by atoms with Gasteiger partial charge in [0.25, 0.3) is 0 Å². The van der Waals surface area contributed by atoms with E-state index in [2.05, 4.69) is 22.0 Å². The normalized spacial score (nSPS) is 11.8. The quantitative estimate of drug-likeness (QED) is 0.821. The molecule has 2 aromatic rings. The SMILES string of the molecule is CCC(C)Oc1cccc(Nc2nc(C(=O)OC)cs2)c1. The van der Waals surface area contributed by atoms with Gasteiger partial charge in [-0.1, -0.05) is 13.0 Å². The maximum absolute atomic E-state index is 11.4. The number of aromatic nitrogens is 1. The summed E-state index contributed by atoms with van der Waals surface area (Å²) in [7, 11) is 1.34. The highest BCUT2D eigenvalue weighted by atomic mass is 32.1. The fourth-order valence-corrected chi connectivity index (χ4v) is 2.32. The number of nitrogens with zero attached hydrogens (tertiary/aromatic N) is 1. The number of esters is 1. The first-order chi connectivity index (χ1) is 10.1. The monoisotopic (exact) mass is 306 g/mol. The lowest BCUT2D eigenvalue weighted by Gasteiger charge is -2.13. The number of anilines is 2. The van der Waals surface area contributed by atoms with Crippen molar-refractivity contribution in [2.24, 2.45) is 0 Å². The van der Waals surface area contributed by atoms with E-state index in [1.54, 1.807) is 5.38 Å². The molecule has 1 aromatic heterocycles. The van der Waals surface area contributed by atoms with Crippen molar-refractivity contribution in [2.75, 3.05) is 12.4 Å². The molecule has 0 saturated heterocycles. The van der Waals surface area contributed by atoms with Gasteiger partial charge in [0.1, 0.15) is 5.75 Å². The summed E-state index contributed by atoms with van der Waals surface area (Å²) in [4.78, 5) is 15.5. The lowest BCUT2D eigenvalue weighted by molar-refractivity contribution is 0.0595. The number of hydrogen-bond donors (Lipinski definition) is 1. The van der Waals surface area contributed by atoms with Crippen LogP contribution in [-0.4, -0.2) is 24.2 Å². The fourth-order valence-electron chi connectivity index (χ4n) is 1.62. The Bertz CT molecular complexity index is 612. The van der Waals surface area contributed by atoms with Gasteiger partial charge in [-0.3, -0.25) is 0 Å². The minimum Gasteiger partial charge on any atom is -0.491 e. The van der Waals surface area contributed by atoms with Crippen molar-refractivity contribution in [3.8, 4) is 5.75 Å². The number of carbonyl (C=O) groups excluding carboxylic acids is 1. The van der Waals surface area contributed by atoms with Gasteiger partial charge in [0, 0.05) is 17.1 Å². The predicted molar refractivity (Wildman–Crippen MR) is 83.6 cm³/mol. The number of hydrogen-bond acceptors (Lipinski definition) is 6. The Labute approximate surface area is 127 Å². The van der Waals surface area contributed by atoms with E-state index >= 15 is 0 Å². The van der Waals surface area contributed by atoms with Crippen molar-refractivity contribution in [3.05, 3.63) is 35.3 Å².